The molecule has 1 amide bonds. The van der Waals surface area contributed by atoms with E-state index in [1.807, 2.05) is 17.0 Å². The van der Waals surface area contributed by atoms with Gasteiger partial charge in [-0.25, -0.2) is 5.43 Å². The lowest BCUT2D eigenvalue weighted by Crippen LogP contribution is -2.48. The molecule has 23 heavy (non-hydrogen) atoms. The molecule has 1 aromatic heterocycles. The molecule has 4 rings (SSSR count). The molecule has 3 saturated heterocycles. The van der Waals surface area contributed by atoms with Gasteiger partial charge in [0.05, 0.1) is 30.7 Å². The average Bonchev–Trinajstić information content (AvgIpc) is 3.23. The fourth-order valence-electron chi connectivity index (χ4n) is 3.89. The van der Waals surface area contributed by atoms with Crippen LogP contribution in [0.1, 0.15) is 11.6 Å². The fourth-order valence-corrected chi connectivity index (χ4v) is 3.89. The molecule has 2 unspecified atom stereocenters. The molecular formula is C16H23N5O2. The summed E-state index contributed by atoms with van der Waals surface area (Å²) < 4.78 is 5.85. The van der Waals surface area contributed by atoms with Crippen LogP contribution >= 0.6 is 0 Å². The van der Waals surface area contributed by atoms with Crippen LogP contribution in [-0.2, 0) is 9.53 Å². The van der Waals surface area contributed by atoms with Gasteiger partial charge in [-0.05, 0) is 24.7 Å². The maximum Gasteiger partial charge on any atom is 0.229 e. The van der Waals surface area contributed by atoms with Gasteiger partial charge >= 0.3 is 0 Å². The first kappa shape index (κ1) is 15.0. The van der Waals surface area contributed by atoms with Crippen LogP contribution in [-0.4, -0.2) is 72.7 Å². The second kappa shape index (κ2) is 6.16. The number of nitrogens with zero attached hydrogens (tertiary/aromatic N) is 3. The van der Waals surface area contributed by atoms with Crippen LogP contribution in [0.5, 0.6) is 0 Å². The molecule has 3 fully saturated rings. The van der Waals surface area contributed by atoms with Crippen LogP contribution < -0.4 is 10.9 Å². The van der Waals surface area contributed by atoms with Crippen LogP contribution in [0.25, 0.3) is 0 Å². The monoisotopic (exact) mass is 317 g/mol. The Morgan fingerprint density at radius 1 is 1.35 bits per heavy atom. The molecule has 0 saturated carbocycles. The largest absolute Gasteiger partial charge is 0.373 e. The zero-order chi connectivity index (χ0) is 15.8. The van der Waals surface area contributed by atoms with E-state index in [4.69, 9.17) is 4.74 Å². The zero-order valence-corrected chi connectivity index (χ0v) is 13.3. The Balaban J connectivity index is 1.48. The lowest BCUT2D eigenvalue weighted by atomic mass is 9.94. The number of hydrazine groups is 1. The van der Waals surface area contributed by atoms with Gasteiger partial charge < -0.3 is 9.64 Å². The third kappa shape index (κ3) is 2.74. The number of ether oxygens (including phenoxy) is 1. The quantitative estimate of drug-likeness (QED) is 0.758. The van der Waals surface area contributed by atoms with Gasteiger partial charge in [-0.2, -0.15) is 0 Å². The van der Waals surface area contributed by atoms with Crippen molar-refractivity contribution in [3.05, 3.63) is 30.1 Å². The van der Waals surface area contributed by atoms with Gasteiger partial charge in [-0.3, -0.25) is 20.1 Å². The van der Waals surface area contributed by atoms with E-state index in [-0.39, 0.29) is 24.0 Å². The number of hydrogen-bond donors (Lipinski definition) is 2. The normalized spacial score (nSPS) is 34.6. The number of pyridine rings is 1. The summed E-state index contributed by atoms with van der Waals surface area (Å²) in [4.78, 5) is 21.4. The summed E-state index contributed by atoms with van der Waals surface area (Å²) in [6.07, 6.45) is 3.69. The van der Waals surface area contributed by atoms with Crippen molar-refractivity contribution in [1.82, 2.24) is 25.6 Å². The Morgan fingerprint density at radius 3 is 2.96 bits per heavy atom. The highest BCUT2D eigenvalue weighted by atomic mass is 16.5. The number of carbonyl (C=O) groups excluding carboxylic acids is 1. The van der Waals surface area contributed by atoms with Gasteiger partial charge in [0.25, 0.3) is 0 Å². The molecule has 124 valence electrons. The highest BCUT2D eigenvalue weighted by Gasteiger charge is 2.44. The van der Waals surface area contributed by atoms with Gasteiger partial charge in [0.15, 0.2) is 0 Å². The predicted octanol–water partition coefficient (Wildman–Crippen LogP) is -0.612. The third-order valence-electron chi connectivity index (χ3n) is 5.26. The minimum absolute atomic E-state index is 0.00761. The van der Waals surface area contributed by atoms with E-state index < -0.39 is 0 Å². The van der Waals surface area contributed by atoms with Crippen LogP contribution in [0.15, 0.2) is 24.5 Å². The van der Waals surface area contributed by atoms with Crippen molar-refractivity contribution in [2.75, 3.05) is 39.8 Å². The van der Waals surface area contributed by atoms with Crippen LogP contribution in [0, 0.1) is 5.92 Å². The van der Waals surface area contributed by atoms with Crippen LogP contribution in [0.4, 0.5) is 0 Å². The second-order valence-corrected chi connectivity index (χ2v) is 6.59. The number of amides is 1. The summed E-state index contributed by atoms with van der Waals surface area (Å²) in [5, 5.41) is 0. The smallest absolute Gasteiger partial charge is 0.229 e. The standard InChI is InChI=1S/C16H23N5O2/c1-20-6-7-23-14-10-21(9-13(14)20)16(22)12-8-18-19-15(12)11-2-4-17-5-3-11/h2-5,12-15,18-19H,6-10H2,1H3/t12?,13-,14+,15?/m0/s1. The number of carbonyl (C=O) groups is 1. The van der Waals surface area contributed by atoms with E-state index in [1.54, 1.807) is 12.4 Å². The molecule has 1 aromatic rings. The summed E-state index contributed by atoms with van der Waals surface area (Å²) in [5.41, 5.74) is 7.46. The van der Waals surface area contributed by atoms with E-state index in [2.05, 4.69) is 27.8 Å². The number of rotatable bonds is 2. The Labute approximate surface area is 136 Å². The van der Waals surface area contributed by atoms with Crippen molar-refractivity contribution in [3.8, 4) is 0 Å². The predicted molar refractivity (Wildman–Crippen MR) is 84.3 cm³/mol. The first-order valence-electron chi connectivity index (χ1n) is 8.23. The molecule has 3 aliphatic rings. The first-order chi connectivity index (χ1) is 11.2. The molecule has 0 bridgehead atoms. The maximum atomic E-state index is 13.0. The highest BCUT2D eigenvalue weighted by Crippen LogP contribution is 2.29. The Morgan fingerprint density at radius 2 is 2.17 bits per heavy atom. The van der Waals surface area contributed by atoms with Crippen molar-refractivity contribution in [2.24, 2.45) is 5.92 Å². The molecule has 0 aromatic carbocycles. The minimum Gasteiger partial charge on any atom is -0.373 e. The molecular weight excluding hydrogens is 294 g/mol. The molecule has 3 aliphatic heterocycles. The van der Waals surface area contributed by atoms with E-state index in [0.29, 0.717) is 19.1 Å². The maximum absolute atomic E-state index is 13.0. The Bertz CT molecular complexity index is 569. The first-order valence-corrected chi connectivity index (χ1v) is 8.23. The van der Waals surface area contributed by atoms with Gasteiger partial charge in [-0.1, -0.05) is 0 Å². The summed E-state index contributed by atoms with van der Waals surface area (Å²) in [6.45, 7) is 3.81. The zero-order valence-electron chi connectivity index (χ0n) is 13.3. The van der Waals surface area contributed by atoms with Crippen LogP contribution in [0.3, 0.4) is 0 Å². The molecule has 0 radical (unpaired) electrons. The topological polar surface area (TPSA) is 69.7 Å². The fraction of sp³-hybridized carbons (Fsp3) is 0.625. The molecule has 7 heteroatoms. The minimum atomic E-state index is -0.0946. The van der Waals surface area contributed by atoms with Gasteiger partial charge in [0.2, 0.25) is 5.91 Å². The molecule has 0 spiro atoms. The van der Waals surface area contributed by atoms with Gasteiger partial charge in [0.1, 0.15) is 0 Å². The van der Waals surface area contributed by atoms with Gasteiger partial charge in [0, 0.05) is 38.6 Å². The number of likely N-dealkylation sites (tertiary alicyclic amines) is 1. The Kier molecular flexibility index (Phi) is 4.02. The summed E-state index contributed by atoms with van der Waals surface area (Å²) in [7, 11) is 2.12. The molecule has 7 nitrogen and oxygen atoms in total. The van der Waals surface area contributed by atoms with Crippen molar-refractivity contribution >= 4 is 5.91 Å². The molecule has 4 heterocycles. The molecule has 2 N–H and O–H groups in total. The van der Waals surface area contributed by atoms with Gasteiger partial charge in [-0.15, -0.1) is 0 Å². The number of fused-ring (bicyclic) bond motifs is 1. The summed E-state index contributed by atoms with van der Waals surface area (Å²) in [5.74, 6) is 0.110. The number of hydrogen-bond acceptors (Lipinski definition) is 6. The summed E-state index contributed by atoms with van der Waals surface area (Å²) in [6, 6.07) is 4.25. The lowest BCUT2D eigenvalue weighted by Gasteiger charge is -2.33. The molecule has 0 aliphatic carbocycles. The second-order valence-electron chi connectivity index (χ2n) is 6.59. The van der Waals surface area contributed by atoms with Crippen LogP contribution in [0.2, 0.25) is 0 Å². The van der Waals surface area contributed by atoms with Crippen molar-refractivity contribution in [2.45, 2.75) is 18.2 Å². The lowest BCUT2D eigenvalue weighted by molar-refractivity contribution is -0.134. The van der Waals surface area contributed by atoms with E-state index >= 15 is 0 Å². The number of nitrogens with one attached hydrogen (secondary N) is 2. The number of morpholine rings is 1. The number of aromatic nitrogens is 1. The molecule has 4 atom stereocenters. The van der Waals surface area contributed by atoms with E-state index in [1.165, 1.54) is 0 Å². The third-order valence-corrected chi connectivity index (χ3v) is 5.26. The summed E-state index contributed by atoms with van der Waals surface area (Å²) >= 11 is 0. The average molecular weight is 317 g/mol. The SMILES string of the molecule is CN1CCO[C@@H]2CN(C(=O)C3CNNC3c3ccncc3)C[C@@H]21. The van der Waals surface area contributed by atoms with Crippen molar-refractivity contribution in [1.29, 1.82) is 0 Å². The number of likely N-dealkylation sites (N-methyl/N-ethyl adjacent to an activating group) is 1. The van der Waals surface area contributed by atoms with E-state index in [0.717, 1.165) is 25.3 Å². The Hall–Kier alpha value is -1.54. The van der Waals surface area contributed by atoms with Crippen molar-refractivity contribution in [3.63, 3.8) is 0 Å². The van der Waals surface area contributed by atoms with E-state index in [9.17, 15) is 4.79 Å². The highest BCUT2D eigenvalue weighted by molar-refractivity contribution is 5.81. The van der Waals surface area contributed by atoms with Crippen molar-refractivity contribution < 1.29 is 9.53 Å².